The summed E-state index contributed by atoms with van der Waals surface area (Å²) in [5, 5.41) is 5.60. The van der Waals surface area contributed by atoms with E-state index in [2.05, 4.69) is 27.7 Å². The Balaban J connectivity index is 1.35. The van der Waals surface area contributed by atoms with E-state index in [0.29, 0.717) is 6.54 Å². The average molecular weight is 365 g/mol. The zero-order valence-corrected chi connectivity index (χ0v) is 15.6. The number of rotatable bonds is 8. The summed E-state index contributed by atoms with van der Waals surface area (Å²) in [6.07, 6.45) is 4.09. The molecule has 0 aromatic heterocycles. The molecule has 2 aromatic carbocycles. The van der Waals surface area contributed by atoms with Gasteiger partial charge in [0, 0.05) is 31.0 Å². The van der Waals surface area contributed by atoms with Gasteiger partial charge in [0.2, 0.25) is 11.8 Å². The Hall–Kier alpha value is -2.82. The molecule has 5 nitrogen and oxygen atoms in total. The minimum Gasteiger partial charge on any atom is -0.372 e. The first-order valence-electron chi connectivity index (χ1n) is 9.66. The zero-order valence-electron chi connectivity index (χ0n) is 15.6. The minimum atomic E-state index is -0.288. The second kappa shape index (κ2) is 9.76. The van der Waals surface area contributed by atoms with Crippen LogP contribution in [0.15, 0.2) is 54.6 Å². The summed E-state index contributed by atoms with van der Waals surface area (Å²) in [5.41, 5.74) is 3.16. The van der Waals surface area contributed by atoms with Crippen molar-refractivity contribution in [2.75, 3.05) is 29.9 Å². The van der Waals surface area contributed by atoms with Gasteiger partial charge in [-0.15, -0.1) is 0 Å². The fraction of sp³-hybridized carbons (Fsp3) is 0.364. The van der Waals surface area contributed by atoms with E-state index in [9.17, 15) is 9.59 Å². The van der Waals surface area contributed by atoms with Crippen LogP contribution in [0.3, 0.4) is 0 Å². The maximum Gasteiger partial charge on any atom is 0.233 e. The number of hydrogen-bond donors (Lipinski definition) is 2. The molecule has 0 atom stereocenters. The minimum absolute atomic E-state index is 0.154. The van der Waals surface area contributed by atoms with Crippen molar-refractivity contribution in [1.82, 2.24) is 5.32 Å². The molecule has 142 valence electrons. The van der Waals surface area contributed by atoms with Crippen LogP contribution in [0.25, 0.3) is 0 Å². The first-order chi connectivity index (χ1) is 13.2. The van der Waals surface area contributed by atoms with E-state index in [1.165, 1.54) is 24.1 Å². The predicted molar refractivity (Wildman–Crippen MR) is 109 cm³/mol. The summed E-state index contributed by atoms with van der Waals surface area (Å²) < 4.78 is 0. The Bertz CT molecular complexity index is 738. The SMILES string of the molecule is O=C(CC(=O)Nc1ccc(N2CCCC2)cc1)NCCCc1ccccc1. The first kappa shape index (κ1) is 19.0. The van der Waals surface area contributed by atoms with Gasteiger partial charge in [0.05, 0.1) is 0 Å². The highest BCUT2D eigenvalue weighted by atomic mass is 16.2. The van der Waals surface area contributed by atoms with Gasteiger partial charge >= 0.3 is 0 Å². The topological polar surface area (TPSA) is 61.4 Å². The molecule has 0 saturated carbocycles. The van der Waals surface area contributed by atoms with Crippen LogP contribution < -0.4 is 15.5 Å². The molecule has 2 aromatic rings. The van der Waals surface area contributed by atoms with Gasteiger partial charge < -0.3 is 15.5 Å². The summed E-state index contributed by atoms with van der Waals surface area (Å²) in [6.45, 7) is 2.76. The number of carbonyl (C=O) groups is 2. The molecule has 5 heteroatoms. The summed E-state index contributed by atoms with van der Waals surface area (Å²) in [5.74, 6) is -0.529. The summed E-state index contributed by atoms with van der Waals surface area (Å²) in [6, 6.07) is 18.0. The fourth-order valence-electron chi connectivity index (χ4n) is 3.31. The number of benzene rings is 2. The van der Waals surface area contributed by atoms with Crippen LogP contribution in [0.1, 0.15) is 31.2 Å². The third kappa shape index (κ3) is 6.13. The molecule has 0 spiro atoms. The molecule has 0 unspecified atom stereocenters. The standard InChI is InChI=1S/C22H27N3O2/c26-21(23-14-6-9-18-7-2-1-3-8-18)17-22(27)24-19-10-12-20(13-11-19)25-15-4-5-16-25/h1-3,7-8,10-13H,4-6,9,14-17H2,(H,23,26)(H,24,27). The Labute approximate surface area is 160 Å². The van der Waals surface area contributed by atoms with Gasteiger partial charge in [-0.2, -0.15) is 0 Å². The number of carbonyl (C=O) groups excluding carboxylic acids is 2. The lowest BCUT2D eigenvalue weighted by atomic mass is 10.1. The van der Waals surface area contributed by atoms with Crippen LogP contribution in [0.2, 0.25) is 0 Å². The lowest BCUT2D eigenvalue weighted by molar-refractivity contribution is -0.126. The molecular formula is C22H27N3O2. The van der Waals surface area contributed by atoms with Crippen molar-refractivity contribution in [3.63, 3.8) is 0 Å². The maximum atomic E-state index is 12.0. The Morgan fingerprint density at radius 2 is 1.59 bits per heavy atom. The van der Waals surface area contributed by atoms with Gasteiger partial charge in [-0.25, -0.2) is 0 Å². The second-order valence-electron chi connectivity index (χ2n) is 6.91. The van der Waals surface area contributed by atoms with E-state index in [0.717, 1.165) is 31.6 Å². The summed E-state index contributed by atoms with van der Waals surface area (Å²) in [7, 11) is 0. The summed E-state index contributed by atoms with van der Waals surface area (Å²) in [4.78, 5) is 26.3. The molecule has 1 aliphatic heterocycles. The van der Waals surface area contributed by atoms with Crippen LogP contribution in [0, 0.1) is 0 Å². The average Bonchev–Trinajstić information content (AvgIpc) is 3.21. The zero-order chi connectivity index (χ0) is 18.9. The van der Waals surface area contributed by atoms with Crippen molar-refractivity contribution in [2.45, 2.75) is 32.1 Å². The molecule has 1 heterocycles. The molecule has 2 amide bonds. The lowest BCUT2D eigenvalue weighted by Gasteiger charge is -2.17. The van der Waals surface area contributed by atoms with Crippen molar-refractivity contribution in [2.24, 2.45) is 0 Å². The Morgan fingerprint density at radius 1 is 0.889 bits per heavy atom. The summed E-state index contributed by atoms with van der Waals surface area (Å²) >= 11 is 0. The van der Waals surface area contributed by atoms with Crippen LogP contribution in [-0.2, 0) is 16.0 Å². The molecule has 1 saturated heterocycles. The lowest BCUT2D eigenvalue weighted by Crippen LogP contribution is -2.29. The van der Waals surface area contributed by atoms with Crippen LogP contribution in [-0.4, -0.2) is 31.4 Å². The van der Waals surface area contributed by atoms with Crippen molar-refractivity contribution >= 4 is 23.2 Å². The molecule has 0 bridgehead atoms. The Kier molecular flexibility index (Phi) is 6.85. The van der Waals surface area contributed by atoms with Gasteiger partial charge in [-0.3, -0.25) is 9.59 Å². The number of nitrogens with one attached hydrogen (secondary N) is 2. The molecule has 3 rings (SSSR count). The largest absolute Gasteiger partial charge is 0.372 e. The van der Waals surface area contributed by atoms with E-state index in [4.69, 9.17) is 0 Å². The number of anilines is 2. The van der Waals surface area contributed by atoms with Gasteiger partial charge in [-0.05, 0) is 55.5 Å². The molecule has 1 aliphatic rings. The smallest absolute Gasteiger partial charge is 0.233 e. The van der Waals surface area contributed by atoms with Crippen molar-refractivity contribution in [3.05, 3.63) is 60.2 Å². The quantitative estimate of drug-likeness (QED) is 0.557. The highest BCUT2D eigenvalue weighted by Gasteiger charge is 2.13. The molecule has 2 N–H and O–H groups in total. The number of amides is 2. The third-order valence-electron chi connectivity index (χ3n) is 4.75. The highest BCUT2D eigenvalue weighted by molar-refractivity contribution is 6.03. The number of nitrogens with zero attached hydrogens (tertiary/aromatic N) is 1. The molecule has 1 fully saturated rings. The van der Waals surface area contributed by atoms with Crippen molar-refractivity contribution in [1.29, 1.82) is 0 Å². The fourth-order valence-corrected chi connectivity index (χ4v) is 3.31. The van der Waals surface area contributed by atoms with Gasteiger partial charge in [0.1, 0.15) is 6.42 Å². The van der Waals surface area contributed by atoms with Crippen LogP contribution in [0.4, 0.5) is 11.4 Å². The molecule has 27 heavy (non-hydrogen) atoms. The molecule has 0 aliphatic carbocycles. The normalized spacial score (nSPS) is 13.4. The predicted octanol–water partition coefficient (Wildman–Crippen LogP) is 3.36. The van der Waals surface area contributed by atoms with E-state index in [-0.39, 0.29) is 18.2 Å². The van der Waals surface area contributed by atoms with E-state index in [1.807, 2.05) is 42.5 Å². The first-order valence-corrected chi connectivity index (χ1v) is 9.66. The van der Waals surface area contributed by atoms with E-state index < -0.39 is 0 Å². The molecular weight excluding hydrogens is 338 g/mol. The maximum absolute atomic E-state index is 12.0. The van der Waals surface area contributed by atoms with E-state index >= 15 is 0 Å². The Morgan fingerprint density at radius 3 is 2.30 bits per heavy atom. The molecule has 0 radical (unpaired) electrons. The number of aryl methyl sites for hydroxylation is 1. The second-order valence-corrected chi connectivity index (χ2v) is 6.91. The van der Waals surface area contributed by atoms with Gasteiger partial charge in [-0.1, -0.05) is 30.3 Å². The van der Waals surface area contributed by atoms with E-state index in [1.54, 1.807) is 0 Å². The van der Waals surface area contributed by atoms with Gasteiger partial charge in [0.15, 0.2) is 0 Å². The van der Waals surface area contributed by atoms with Crippen LogP contribution >= 0.6 is 0 Å². The highest BCUT2D eigenvalue weighted by Crippen LogP contribution is 2.22. The van der Waals surface area contributed by atoms with Crippen LogP contribution in [0.5, 0.6) is 0 Å². The van der Waals surface area contributed by atoms with Crippen molar-refractivity contribution in [3.8, 4) is 0 Å². The van der Waals surface area contributed by atoms with Gasteiger partial charge in [0.25, 0.3) is 0 Å². The third-order valence-corrected chi connectivity index (χ3v) is 4.75. The monoisotopic (exact) mass is 365 g/mol. The van der Waals surface area contributed by atoms with Crippen molar-refractivity contribution < 1.29 is 9.59 Å². The number of hydrogen-bond acceptors (Lipinski definition) is 3.